The third-order valence-electron chi connectivity index (χ3n) is 4.55. The van der Waals surface area contributed by atoms with Crippen LogP contribution in [0.25, 0.3) is 0 Å². The second-order valence-electron chi connectivity index (χ2n) is 6.23. The number of sulfonamides is 1. The largest absolute Gasteiger partial charge is 0.255 e. The van der Waals surface area contributed by atoms with Crippen molar-refractivity contribution in [1.29, 1.82) is 0 Å². The molecule has 130 valence electrons. The minimum atomic E-state index is -3.86. The zero-order chi connectivity index (χ0) is 17.5. The number of hydrogen-bond acceptors (Lipinski definition) is 3. The molecule has 2 aromatic rings. The Bertz CT molecular complexity index is 856. The van der Waals surface area contributed by atoms with Crippen molar-refractivity contribution in [1.82, 2.24) is 14.5 Å². The molecular formula is C16H19ClFN3O2S. The van der Waals surface area contributed by atoms with Crippen molar-refractivity contribution in [2.75, 3.05) is 0 Å². The molecule has 5 nitrogen and oxygen atoms in total. The first-order valence-electron chi connectivity index (χ1n) is 7.74. The fraction of sp³-hybridized carbons (Fsp3) is 0.438. The summed E-state index contributed by atoms with van der Waals surface area (Å²) in [7, 11) is -2.26. The maximum absolute atomic E-state index is 13.2. The van der Waals surface area contributed by atoms with Crippen LogP contribution < -0.4 is 4.72 Å². The Morgan fingerprint density at radius 3 is 2.33 bits per heavy atom. The van der Waals surface area contributed by atoms with Gasteiger partial charge in [0, 0.05) is 7.05 Å². The Morgan fingerprint density at radius 2 is 1.83 bits per heavy atom. The Balaban J connectivity index is 2.03. The maximum Gasteiger partial charge on any atom is 0.246 e. The zero-order valence-corrected chi connectivity index (χ0v) is 15.1. The number of halogens is 2. The summed E-state index contributed by atoms with van der Waals surface area (Å²) in [4.78, 5) is 0.0000494. The number of nitrogens with one attached hydrogen (secondary N) is 1. The van der Waals surface area contributed by atoms with Gasteiger partial charge in [-0.3, -0.25) is 4.68 Å². The van der Waals surface area contributed by atoms with E-state index in [2.05, 4.69) is 9.82 Å². The molecule has 1 heterocycles. The molecule has 0 unspecified atom stereocenters. The maximum atomic E-state index is 13.2. The molecule has 0 aliphatic heterocycles. The lowest BCUT2D eigenvalue weighted by Gasteiger charge is -2.30. The van der Waals surface area contributed by atoms with E-state index in [4.69, 9.17) is 11.6 Å². The normalized spacial score (nSPS) is 17.3. The molecule has 1 aliphatic carbocycles. The summed E-state index contributed by atoms with van der Waals surface area (Å²) in [5, 5.41) is 4.15. The van der Waals surface area contributed by atoms with Gasteiger partial charge in [-0.2, -0.15) is 5.10 Å². The lowest BCUT2D eigenvalue weighted by Crippen LogP contribution is -2.43. The van der Waals surface area contributed by atoms with Crippen molar-refractivity contribution < 1.29 is 12.8 Å². The van der Waals surface area contributed by atoms with E-state index in [1.165, 1.54) is 16.8 Å². The monoisotopic (exact) mass is 371 g/mol. The van der Waals surface area contributed by atoms with E-state index in [1.807, 2.05) is 0 Å². The number of aromatic nitrogens is 2. The molecule has 1 aromatic heterocycles. The van der Waals surface area contributed by atoms with Gasteiger partial charge in [0.25, 0.3) is 0 Å². The first-order valence-corrected chi connectivity index (χ1v) is 9.60. The summed E-state index contributed by atoms with van der Waals surface area (Å²) in [5.74, 6) is -0.346. The van der Waals surface area contributed by atoms with Crippen molar-refractivity contribution in [3.05, 3.63) is 46.5 Å². The Hall–Kier alpha value is -1.44. The summed E-state index contributed by atoms with van der Waals surface area (Å²) in [6.07, 6.45) is 3.13. The smallest absolute Gasteiger partial charge is 0.246 e. The summed E-state index contributed by atoms with van der Waals surface area (Å²) in [6, 6.07) is 5.99. The van der Waals surface area contributed by atoms with Gasteiger partial charge in [0.1, 0.15) is 15.9 Å². The molecule has 0 amide bonds. The molecule has 0 saturated heterocycles. The summed E-state index contributed by atoms with van der Waals surface area (Å²) < 4.78 is 43.3. The highest BCUT2D eigenvalue weighted by Crippen LogP contribution is 2.40. The van der Waals surface area contributed by atoms with Crippen LogP contribution in [-0.2, 0) is 22.6 Å². The summed E-state index contributed by atoms with van der Waals surface area (Å²) in [5.41, 5.74) is 0.378. The van der Waals surface area contributed by atoms with Crippen LogP contribution >= 0.6 is 11.6 Å². The van der Waals surface area contributed by atoms with E-state index < -0.39 is 15.6 Å². The van der Waals surface area contributed by atoms with Crippen LogP contribution in [0.2, 0.25) is 5.15 Å². The lowest BCUT2D eigenvalue weighted by atomic mass is 9.89. The highest BCUT2D eigenvalue weighted by Gasteiger charge is 2.41. The minimum absolute atomic E-state index is 0.0000494. The summed E-state index contributed by atoms with van der Waals surface area (Å²) >= 11 is 6.13. The average molecular weight is 372 g/mol. The molecule has 1 fully saturated rings. The van der Waals surface area contributed by atoms with Crippen molar-refractivity contribution in [3.63, 3.8) is 0 Å². The molecular weight excluding hydrogens is 353 g/mol. The van der Waals surface area contributed by atoms with E-state index in [1.54, 1.807) is 26.1 Å². The Labute approximate surface area is 145 Å². The average Bonchev–Trinajstić information content (AvgIpc) is 3.05. The molecule has 3 rings (SSSR count). The van der Waals surface area contributed by atoms with Crippen molar-refractivity contribution in [2.45, 2.75) is 43.0 Å². The fourth-order valence-electron chi connectivity index (χ4n) is 3.42. The molecule has 1 N–H and O–H groups in total. The predicted molar refractivity (Wildman–Crippen MR) is 89.8 cm³/mol. The molecule has 24 heavy (non-hydrogen) atoms. The minimum Gasteiger partial charge on any atom is -0.255 e. The van der Waals surface area contributed by atoms with Gasteiger partial charge in [-0.25, -0.2) is 17.5 Å². The highest BCUT2D eigenvalue weighted by molar-refractivity contribution is 7.89. The quantitative estimate of drug-likeness (QED) is 0.897. The topological polar surface area (TPSA) is 64.0 Å². The van der Waals surface area contributed by atoms with Crippen LogP contribution in [0.3, 0.4) is 0 Å². The van der Waals surface area contributed by atoms with E-state index in [0.717, 1.165) is 18.4 Å². The third-order valence-corrected chi connectivity index (χ3v) is 6.78. The van der Waals surface area contributed by atoms with Crippen LogP contribution in [0, 0.1) is 12.7 Å². The highest BCUT2D eigenvalue weighted by atomic mass is 35.5. The number of rotatable bonds is 4. The predicted octanol–water partition coefficient (Wildman–Crippen LogP) is 3.27. The molecule has 1 aliphatic rings. The number of benzene rings is 1. The molecule has 0 bridgehead atoms. The van der Waals surface area contributed by atoms with Gasteiger partial charge in [0.2, 0.25) is 10.0 Å². The van der Waals surface area contributed by atoms with Crippen molar-refractivity contribution >= 4 is 21.6 Å². The molecule has 0 spiro atoms. The standard InChI is InChI=1S/C16H19ClFN3O2S/c1-11-14(15(17)21(2)19-11)24(22,23)20-16(9-3-4-10-16)12-5-7-13(18)8-6-12/h5-8,20H,3-4,9-10H2,1-2H3. The van der Waals surface area contributed by atoms with Gasteiger partial charge in [0.05, 0.1) is 11.2 Å². The van der Waals surface area contributed by atoms with Crippen molar-refractivity contribution in [2.24, 2.45) is 7.05 Å². The lowest BCUT2D eigenvalue weighted by molar-refractivity contribution is 0.403. The van der Waals surface area contributed by atoms with E-state index in [-0.39, 0.29) is 15.9 Å². The van der Waals surface area contributed by atoms with E-state index in [0.29, 0.717) is 18.5 Å². The van der Waals surface area contributed by atoms with Crippen LogP contribution in [0.5, 0.6) is 0 Å². The van der Waals surface area contributed by atoms with Crippen molar-refractivity contribution in [3.8, 4) is 0 Å². The zero-order valence-electron chi connectivity index (χ0n) is 13.5. The van der Waals surface area contributed by atoms with Gasteiger partial charge in [-0.1, -0.05) is 36.6 Å². The third kappa shape index (κ3) is 2.96. The van der Waals surface area contributed by atoms with Crippen LogP contribution in [0.1, 0.15) is 36.9 Å². The molecule has 1 aromatic carbocycles. The Morgan fingerprint density at radius 1 is 1.25 bits per heavy atom. The van der Waals surface area contributed by atoms with Crippen LogP contribution in [-0.4, -0.2) is 18.2 Å². The van der Waals surface area contributed by atoms with Gasteiger partial charge in [-0.15, -0.1) is 0 Å². The molecule has 0 atom stereocenters. The fourth-order valence-corrected chi connectivity index (χ4v) is 5.62. The number of hydrogen-bond donors (Lipinski definition) is 1. The molecule has 0 radical (unpaired) electrons. The van der Waals surface area contributed by atoms with Gasteiger partial charge in [-0.05, 0) is 37.5 Å². The first-order chi connectivity index (χ1) is 11.3. The van der Waals surface area contributed by atoms with Gasteiger partial charge in [0.15, 0.2) is 0 Å². The van der Waals surface area contributed by atoms with Crippen LogP contribution in [0.15, 0.2) is 29.2 Å². The van der Waals surface area contributed by atoms with Gasteiger partial charge < -0.3 is 0 Å². The second-order valence-corrected chi connectivity index (χ2v) is 8.21. The first kappa shape index (κ1) is 17.4. The second kappa shape index (κ2) is 6.13. The Kier molecular flexibility index (Phi) is 4.44. The molecule has 1 saturated carbocycles. The van der Waals surface area contributed by atoms with Crippen LogP contribution in [0.4, 0.5) is 4.39 Å². The van der Waals surface area contributed by atoms with Gasteiger partial charge >= 0.3 is 0 Å². The van der Waals surface area contributed by atoms with E-state index in [9.17, 15) is 12.8 Å². The number of aryl methyl sites for hydroxylation is 2. The van der Waals surface area contributed by atoms with E-state index >= 15 is 0 Å². The summed E-state index contributed by atoms with van der Waals surface area (Å²) in [6.45, 7) is 1.61. The molecule has 8 heteroatoms. The number of nitrogens with zero attached hydrogens (tertiary/aromatic N) is 2. The SMILES string of the molecule is Cc1nn(C)c(Cl)c1S(=O)(=O)NC1(c2ccc(F)cc2)CCCC1.